The summed E-state index contributed by atoms with van der Waals surface area (Å²) in [5, 5.41) is 5.84. The lowest BCUT2D eigenvalue weighted by Crippen LogP contribution is -2.56. The van der Waals surface area contributed by atoms with Crippen LogP contribution in [0.5, 0.6) is 0 Å². The van der Waals surface area contributed by atoms with Crippen molar-refractivity contribution in [1.82, 2.24) is 25.2 Å². The fourth-order valence-electron chi connectivity index (χ4n) is 4.35. The molecule has 2 aromatic rings. The molecule has 2 saturated heterocycles. The normalized spacial score (nSPS) is 20.0. The van der Waals surface area contributed by atoms with Crippen LogP contribution in [0.25, 0.3) is 0 Å². The lowest BCUT2D eigenvalue weighted by Gasteiger charge is -2.41. The molecule has 2 atom stereocenters. The summed E-state index contributed by atoms with van der Waals surface area (Å²) in [5.41, 5.74) is 0.750. The van der Waals surface area contributed by atoms with Crippen LogP contribution in [-0.4, -0.2) is 63.9 Å². The highest BCUT2D eigenvalue weighted by atomic mass is 35.5. The van der Waals surface area contributed by atoms with Gasteiger partial charge in [0.25, 0.3) is 5.91 Å². The third-order valence-electron chi connectivity index (χ3n) is 5.74. The zero-order valence-corrected chi connectivity index (χ0v) is 18.4. The fraction of sp³-hybridized carbons (Fsp3) is 0.476. The van der Waals surface area contributed by atoms with E-state index in [1.807, 2.05) is 13.0 Å². The van der Waals surface area contributed by atoms with Gasteiger partial charge in [0, 0.05) is 44.8 Å². The number of hydrogen-bond acceptors (Lipinski definition) is 7. The van der Waals surface area contributed by atoms with Gasteiger partial charge >= 0.3 is 0 Å². The van der Waals surface area contributed by atoms with E-state index in [1.165, 1.54) is 13.2 Å². The van der Waals surface area contributed by atoms with Crippen LogP contribution in [0.4, 0.5) is 17.5 Å². The SMILES string of the molecule is CCCC(=O)N1[C@@H]2CC[C@H]1CN(c1ccnc(Nc3cnc(C(=O)NC)c(Cl)c3)n1)C2. The molecule has 0 aliphatic carbocycles. The average molecular weight is 444 g/mol. The van der Waals surface area contributed by atoms with Gasteiger partial charge in [0.05, 0.1) is 16.9 Å². The Balaban J connectivity index is 1.47. The first kappa shape index (κ1) is 21.3. The number of nitrogens with one attached hydrogen (secondary N) is 2. The highest BCUT2D eigenvalue weighted by molar-refractivity contribution is 6.33. The molecule has 2 fully saturated rings. The average Bonchev–Trinajstić information content (AvgIpc) is 3.03. The van der Waals surface area contributed by atoms with Crippen LogP contribution < -0.4 is 15.5 Å². The van der Waals surface area contributed by atoms with Crippen LogP contribution in [0.15, 0.2) is 24.5 Å². The molecular weight excluding hydrogens is 418 g/mol. The van der Waals surface area contributed by atoms with Gasteiger partial charge in [0.2, 0.25) is 11.9 Å². The molecule has 0 saturated carbocycles. The number of pyridine rings is 1. The lowest BCUT2D eigenvalue weighted by atomic mass is 10.1. The third-order valence-corrected chi connectivity index (χ3v) is 6.03. The van der Waals surface area contributed by atoms with E-state index in [0.717, 1.165) is 38.2 Å². The van der Waals surface area contributed by atoms with Gasteiger partial charge in [-0.05, 0) is 31.4 Å². The minimum Gasteiger partial charge on any atom is -0.354 e. The number of nitrogens with zero attached hydrogens (tertiary/aromatic N) is 5. The summed E-state index contributed by atoms with van der Waals surface area (Å²) >= 11 is 6.18. The van der Waals surface area contributed by atoms with Crippen molar-refractivity contribution < 1.29 is 9.59 Å². The van der Waals surface area contributed by atoms with E-state index < -0.39 is 0 Å². The Morgan fingerprint density at radius 2 is 1.97 bits per heavy atom. The molecular formula is C21H26ClN7O2. The van der Waals surface area contributed by atoms with Crippen molar-refractivity contribution in [2.45, 2.75) is 44.7 Å². The van der Waals surface area contributed by atoms with Gasteiger partial charge in [-0.15, -0.1) is 0 Å². The van der Waals surface area contributed by atoms with Gasteiger partial charge in [0.1, 0.15) is 11.5 Å². The van der Waals surface area contributed by atoms with E-state index in [4.69, 9.17) is 11.6 Å². The van der Waals surface area contributed by atoms with Gasteiger partial charge in [-0.2, -0.15) is 4.98 Å². The van der Waals surface area contributed by atoms with Crippen molar-refractivity contribution in [3.05, 3.63) is 35.2 Å². The molecule has 10 heteroatoms. The van der Waals surface area contributed by atoms with Crippen molar-refractivity contribution in [1.29, 1.82) is 0 Å². The molecule has 164 valence electrons. The highest BCUT2D eigenvalue weighted by Crippen LogP contribution is 2.33. The zero-order valence-electron chi connectivity index (χ0n) is 17.6. The maximum Gasteiger partial charge on any atom is 0.271 e. The Kier molecular flexibility index (Phi) is 6.22. The first-order valence-corrected chi connectivity index (χ1v) is 10.9. The van der Waals surface area contributed by atoms with Crippen LogP contribution >= 0.6 is 11.6 Å². The van der Waals surface area contributed by atoms with Gasteiger partial charge < -0.3 is 20.4 Å². The van der Waals surface area contributed by atoms with Crippen molar-refractivity contribution in [2.75, 3.05) is 30.4 Å². The van der Waals surface area contributed by atoms with Gasteiger partial charge in [-0.1, -0.05) is 18.5 Å². The number of carbonyl (C=O) groups excluding carboxylic acids is 2. The highest BCUT2D eigenvalue weighted by Gasteiger charge is 2.42. The number of fused-ring (bicyclic) bond motifs is 2. The topological polar surface area (TPSA) is 103 Å². The van der Waals surface area contributed by atoms with Crippen LogP contribution in [-0.2, 0) is 4.79 Å². The Hall–Kier alpha value is -2.94. The van der Waals surface area contributed by atoms with Gasteiger partial charge in [-0.3, -0.25) is 9.59 Å². The standard InChI is InChI=1S/C21H26ClN7O2/c1-3-4-18(30)29-14-5-6-15(29)12-28(11-14)17-7-8-24-21(27-17)26-13-9-16(22)19(25-10-13)20(31)23-2/h7-10,14-15H,3-6,11-12H2,1-2H3,(H,23,31)(H,24,26,27)/t14-,15+. The molecule has 0 unspecified atom stereocenters. The molecule has 2 amide bonds. The van der Waals surface area contributed by atoms with Crippen molar-refractivity contribution in [2.24, 2.45) is 0 Å². The number of halogens is 1. The molecule has 2 N–H and O–H groups in total. The first-order valence-electron chi connectivity index (χ1n) is 10.5. The number of hydrogen-bond donors (Lipinski definition) is 2. The van der Waals surface area contributed by atoms with E-state index in [-0.39, 0.29) is 34.6 Å². The summed E-state index contributed by atoms with van der Waals surface area (Å²) < 4.78 is 0. The van der Waals surface area contributed by atoms with Gasteiger partial charge in [0.15, 0.2) is 0 Å². The number of anilines is 3. The zero-order chi connectivity index (χ0) is 22.0. The lowest BCUT2D eigenvalue weighted by molar-refractivity contribution is -0.134. The maximum absolute atomic E-state index is 12.5. The number of aromatic nitrogens is 3. The second-order valence-electron chi connectivity index (χ2n) is 7.84. The van der Waals surface area contributed by atoms with E-state index in [9.17, 15) is 9.59 Å². The summed E-state index contributed by atoms with van der Waals surface area (Å²) in [5.74, 6) is 1.16. The molecule has 2 bridgehead atoms. The summed E-state index contributed by atoms with van der Waals surface area (Å²) in [6.45, 7) is 3.59. The predicted octanol–water partition coefficient (Wildman–Crippen LogP) is 2.61. The Bertz CT molecular complexity index is 972. The Morgan fingerprint density at radius 3 is 2.61 bits per heavy atom. The Labute approximate surface area is 186 Å². The first-order chi connectivity index (χ1) is 15.0. The van der Waals surface area contributed by atoms with Crippen LogP contribution in [0.3, 0.4) is 0 Å². The molecule has 31 heavy (non-hydrogen) atoms. The monoisotopic (exact) mass is 443 g/mol. The number of amides is 2. The summed E-state index contributed by atoms with van der Waals surface area (Å²) in [7, 11) is 1.53. The van der Waals surface area contributed by atoms with Crippen LogP contribution in [0.1, 0.15) is 43.1 Å². The smallest absolute Gasteiger partial charge is 0.271 e. The number of rotatable bonds is 6. The van der Waals surface area contributed by atoms with Crippen LogP contribution in [0.2, 0.25) is 5.02 Å². The van der Waals surface area contributed by atoms with E-state index in [0.29, 0.717) is 18.1 Å². The second-order valence-corrected chi connectivity index (χ2v) is 8.25. The molecule has 2 aromatic heterocycles. The molecule has 9 nitrogen and oxygen atoms in total. The number of carbonyl (C=O) groups is 2. The van der Waals surface area contributed by atoms with E-state index in [1.54, 1.807) is 12.3 Å². The Morgan fingerprint density at radius 1 is 1.23 bits per heavy atom. The second kappa shape index (κ2) is 9.05. The predicted molar refractivity (Wildman–Crippen MR) is 119 cm³/mol. The minimum atomic E-state index is -0.346. The molecule has 0 spiro atoms. The van der Waals surface area contributed by atoms with Crippen molar-refractivity contribution in [3.8, 4) is 0 Å². The van der Waals surface area contributed by atoms with E-state index >= 15 is 0 Å². The molecule has 2 aliphatic heterocycles. The molecule has 0 aromatic carbocycles. The van der Waals surface area contributed by atoms with Crippen molar-refractivity contribution in [3.63, 3.8) is 0 Å². The molecule has 4 rings (SSSR count). The minimum absolute atomic E-state index is 0.162. The maximum atomic E-state index is 12.5. The fourth-order valence-corrected chi connectivity index (χ4v) is 4.60. The summed E-state index contributed by atoms with van der Waals surface area (Å²) in [4.78, 5) is 41.6. The third kappa shape index (κ3) is 4.41. The number of piperazine rings is 1. The molecule has 0 radical (unpaired) electrons. The molecule has 4 heterocycles. The quantitative estimate of drug-likeness (QED) is 0.707. The van der Waals surface area contributed by atoms with E-state index in [2.05, 4.69) is 35.4 Å². The summed E-state index contributed by atoms with van der Waals surface area (Å²) in [6, 6.07) is 3.98. The van der Waals surface area contributed by atoms with Crippen molar-refractivity contribution >= 4 is 40.9 Å². The van der Waals surface area contributed by atoms with Crippen LogP contribution in [0, 0.1) is 0 Å². The molecule has 2 aliphatic rings. The largest absolute Gasteiger partial charge is 0.354 e. The summed E-state index contributed by atoms with van der Waals surface area (Å²) in [6.07, 6.45) is 6.79. The van der Waals surface area contributed by atoms with Gasteiger partial charge in [-0.25, -0.2) is 9.97 Å².